The van der Waals surface area contributed by atoms with Crippen molar-refractivity contribution < 1.29 is 4.79 Å². The van der Waals surface area contributed by atoms with Crippen LogP contribution in [0.5, 0.6) is 0 Å². The molecule has 0 aliphatic heterocycles. The Morgan fingerprint density at radius 3 is 2.55 bits per heavy atom. The van der Waals surface area contributed by atoms with Gasteiger partial charge in [0.1, 0.15) is 6.04 Å². The molecule has 20 heavy (non-hydrogen) atoms. The summed E-state index contributed by atoms with van der Waals surface area (Å²) in [6, 6.07) is 14.6. The van der Waals surface area contributed by atoms with E-state index in [0.717, 1.165) is 17.7 Å². The molecule has 1 unspecified atom stereocenters. The maximum Gasteiger partial charge on any atom is 0.243 e. The molecule has 0 fully saturated rings. The van der Waals surface area contributed by atoms with Gasteiger partial charge in [0.05, 0.1) is 0 Å². The SMILES string of the molecule is CN(CCc1ccccn1)C(=O)C(N)c1ccccc1. The largest absolute Gasteiger partial charge is 0.344 e. The number of benzene rings is 1. The zero-order chi connectivity index (χ0) is 14.4. The molecule has 0 aliphatic rings. The Morgan fingerprint density at radius 1 is 1.20 bits per heavy atom. The molecular formula is C16H19N3O. The van der Waals surface area contributed by atoms with Gasteiger partial charge >= 0.3 is 0 Å². The number of rotatable bonds is 5. The van der Waals surface area contributed by atoms with E-state index in [2.05, 4.69) is 4.98 Å². The van der Waals surface area contributed by atoms with Crippen LogP contribution in [0.3, 0.4) is 0 Å². The van der Waals surface area contributed by atoms with Crippen LogP contribution >= 0.6 is 0 Å². The topological polar surface area (TPSA) is 59.2 Å². The minimum atomic E-state index is -0.607. The summed E-state index contributed by atoms with van der Waals surface area (Å²) in [4.78, 5) is 18.1. The van der Waals surface area contributed by atoms with Crippen LogP contribution in [-0.2, 0) is 11.2 Å². The normalized spacial score (nSPS) is 11.9. The fraction of sp³-hybridized carbons (Fsp3) is 0.250. The maximum absolute atomic E-state index is 12.2. The summed E-state index contributed by atoms with van der Waals surface area (Å²) in [6.45, 7) is 0.608. The van der Waals surface area contributed by atoms with Crippen molar-refractivity contribution in [2.45, 2.75) is 12.5 Å². The average molecular weight is 269 g/mol. The molecule has 2 N–H and O–H groups in total. The third kappa shape index (κ3) is 3.65. The molecule has 1 aromatic carbocycles. The van der Waals surface area contributed by atoms with Gasteiger partial charge in [-0.15, -0.1) is 0 Å². The standard InChI is InChI=1S/C16H19N3O/c1-19(12-10-14-9-5-6-11-18-14)16(20)15(17)13-7-3-2-4-8-13/h2-9,11,15H,10,12,17H2,1H3. The second kappa shape index (κ2) is 6.82. The van der Waals surface area contributed by atoms with Crippen molar-refractivity contribution in [3.63, 3.8) is 0 Å². The van der Waals surface area contributed by atoms with Crippen LogP contribution in [0.1, 0.15) is 17.3 Å². The van der Waals surface area contributed by atoms with Crippen LogP contribution in [0.4, 0.5) is 0 Å². The van der Waals surface area contributed by atoms with E-state index in [0.29, 0.717) is 6.54 Å². The predicted octanol–water partition coefficient (Wildman–Crippen LogP) is 1.78. The summed E-state index contributed by atoms with van der Waals surface area (Å²) in [5.74, 6) is -0.0767. The van der Waals surface area contributed by atoms with Crippen molar-refractivity contribution >= 4 is 5.91 Å². The monoisotopic (exact) mass is 269 g/mol. The average Bonchev–Trinajstić information content (AvgIpc) is 2.53. The number of hydrogen-bond acceptors (Lipinski definition) is 3. The summed E-state index contributed by atoms with van der Waals surface area (Å²) < 4.78 is 0. The molecule has 0 saturated carbocycles. The van der Waals surface area contributed by atoms with E-state index in [1.807, 2.05) is 48.5 Å². The molecule has 1 atom stereocenters. The van der Waals surface area contributed by atoms with Gasteiger partial charge in [0.2, 0.25) is 5.91 Å². The van der Waals surface area contributed by atoms with Gasteiger partial charge in [-0.25, -0.2) is 0 Å². The van der Waals surface area contributed by atoms with Gasteiger partial charge in [0.15, 0.2) is 0 Å². The Morgan fingerprint density at radius 2 is 1.90 bits per heavy atom. The highest BCUT2D eigenvalue weighted by Crippen LogP contribution is 2.12. The number of aromatic nitrogens is 1. The molecule has 104 valence electrons. The number of carbonyl (C=O) groups is 1. The van der Waals surface area contributed by atoms with Crippen LogP contribution in [0.2, 0.25) is 0 Å². The molecule has 1 amide bonds. The summed E-state index contributed by atoms with van der Waals surface area (Å²) in [5, 5.41) is 0. The first kappa shape index (κ1) is 14.2. The van der Waals surface area contributed by atoms with Gasteiger partial charge < -0.3 is 10.6 Å². The molecule has 0 spiro atoms. The van der Waals surface area contributed by atoms with Crippen molar-refractivity contribution in [2.75, 3.05) is 13.6 Å². The summed E-state index contributed by atoms with van der Waals surface area (Å²) >= 11 is 0. The Bertz CT molecular complexity index is 542. The van der Waals surface area contributed by atoms with E-state index in [4.69, 9.17) is 5.73 Å². The second-order valence-electron chi connectivity index (χ2n) is 4.72. The summed E-state index contributed by atoms with van der Waals surface area (Å²) in [7, 11) is 1.77. The summed E-state index contributed by atoms with van der Waals surface area (Å²) in [5.41, 5.74) is 7.81. The number of nitrogens with two attached hydrogens (primary N) is 1. The number of nitrogens with zero attached hydrogens (tertiary/aromatic N) is 2. The van der Waals surface area contributed by atoms with Gasteiger partial charge in [-0.3, -0.25) is 9.78 Å². The number of pyridine rings is 1. The highest BCUT2D eigenvalue weighted by Gasteiger charge is 2.19. The zero-order valence-corrected chi connectivity index (χ0v) is 11.6. The van der Waals surface area contributed by atoms with Crippen molar-refractivity contribution in [1.29, 1.82) is 0 Å². The van der Waals surface area contributed by atoms with E-state index in [1.165, 1.54) is 0 Å². The van der Waals surface area contributed by atoms with Gasteiger partial charge in [0, 0.05) is 31.9 Å². The van der Waals surface area contributed by atoms with E-state index >= 15 is 0 Å². The lowest BCUT2D eigenvalue weighted by atomic mass is 10.1. The molecule has 0 radical (unpaired) electrons. The maximum atomic E-state index is 12.2. The molecule has 4 heteroatoms. The highest BCUT2D eigenvalue weighted by atomic mass is 16.2. The molecule has 1 heterocycles. The Balaban J connectivity index is 1.92. The van der Waals surface area contributed by atoms with Crippen LogP contribution in [0, 0.1) is 0 Å². The molecule has 0 bridgehead atoms. The Hall–Kier alpha value is -2.20. The molecule has 1 aromatic heterocycles. The van der Waals surface area contributed by atoms with Crippen molar-refractivity contribution in [1.82, 2.24) is 9.88 Å². The van der Waals surface area contributed by atoms with Crippen LogP contribution in [0.15, 0.2) is 54.7 Å². The van der Waals surface area contributed by atoms with E-state index in [-0.39, 0.29) is 5.91 Å². The second-order valence-corrected chi connectivity index (χ2v) is 4.72. The first-order chi connectivity index (χ1) is 9.68. The number of amides is 1. The van der Waals surface area contributed by atoms with Gasteiger partial charge in [0.25, 0.3) is 0 Å². The smallest absolute Gasteiger partial charge is 0.243 e. The molecule has 0 saturated heterocycles. The Labute approximate surface area is 119 Å². The van der Waals surface area contributed by atoms with Crippen LogP contribution in [-0.4, -0.2) is 29.4 Å². The first-order valence-corrected chi connectivity index (χ1v) is 6.64. The number of hydrogen-bond donors (Lipinski definition) is 1. The van der Waals surface area contributed by atoms with Crippen molar-refractivity contribution in [3.05, 3.63) is 66.0 Å². The third-order valence-corrected chi connectivity index (χ3v) is 3.23. The minimum absolute atomic E-state index is 0.0767. The Kier molecular flexibility index (Phi) is 4.85. The zero-order valence-electron chi connectivity index (χ0n) is 11.6. The fourth-order valence-electron chi connectivity index (χ4n) is 1.98. The highest BCUT2D eigenvalue weighted by molar-refractivity contribution is 5.82. The third-order valence-electron chi connectivity index (χ3n) is 3.23. The van der Waals surface area contributed by atoms with Crippen LogP contribution < -0.4 is 5.73 Å². The van der Waals surface area contributed by atoms with Crippen molar-refractivity contribution in [3.8, 4) is 0 Å². The quantitative estimate of drug-likeness (QED) is 0.900. The molecule has 0 aliphatic carbocycles. The molecular weight excluding hydrogens is 250 g/mol. The van der Waals surface area contributed by atoms with Crippen LogP contribution in [0.25, 0.3) is 0 Å². The lowest BCUT2D eigenvalue weighted by Crippen LogP contribution is -2.37. The number of carbonyl (C=O) groups excluding carboxylic acids is 1. The first-order valence-electron chi connectivity index (χ1n) is 6.64. The van der Waals surface area contributed by atoms with Gasteiger partial charge in [-0.05, 0) is 17.7 Å². The molecule has 2 aromatic rings. The van der Waals surface area contributed by atoms with E-state index in [1.54, 1.807) is 18.1 Å². The summed E-state index contributed by atoms with van der Waals surface area (Å²) in [6.07, 6.45) is 2.48. The molecule has 4 nitrogen and oxygen atoms in total. The lowest BCUT2D eigenvalue weighted by Gasteiger charge is -2.21. The van der Waals surface area contributed by atoms with Gasteiger partial charge in [-0.2, -0.15) is 0 Å². The number of likely N-dealkylation sites (N-methyl/N-ethyl adjacent to an activating group) is 1. The van der Waals surface area contributed by atoms with E-state index < -0.39 is 6.04 Å². The van der Waals surface area contributed by atoms with Gasteiger partial charge in [-0.1, -0.05) is 36.4 Å². The van der Waals surface area contributed by atoms with E-state index in [9.17, 15) is 4.79 Å². The fourth-order valence-corrected chi connectivity index (χ4v) is 1.98. The minimum Gasteiger partial charge on any atom is -0.344 e. The van der Waals surface area contributed by atoms with Crippen molar-refractivity contribution in [2.24, 2.45) is 5.73 Å². The lowest BCUT2D eigenvalue weighted by molar-refractivity contribution is -0.131. The molecule has 2 rings (SSSR count). The predicted molar refractivity (Wildman–Crippen MR) is 78.9 cm³/mol.